The Morgan fingerprint density at radius 1 is 1.24 bits per heavy atom. The highest BCUT2D eigenvalue weighted by molar-refractivity contribution is 6.30. The van der Waals surface area contributed by atoms with E-state index in [1.165, 1.54) is 18.2 Å². The van der Waals surface area contributed by atoms with Gasteiger partial charge in [-0.15, -0.1) is 5.26 Å². The van der Waals surface area contributed by atoms with Crippen LogP contribution in [0.2, 0.25) is 5.02 Å². The van der Waals surface area contributed by atoms with E-state index in [9.17, 15) is 9.18 Å². The smallest absolute Gasteiger partial charge is 0.292 e. The Hall–Kier alpha value is -2.82. The van der Waals surface area contributed by atoms with E-state index in [-0.39, 0.29) is 35.9 Å². The second-order valence-electron chi connectivity index (χ2n) is 6.87. The van der Waals surface area contributed by atoms with Crippen LogP contribution in [0.1, 0.15) is 12.5 Å². The molecule has 1 atom stereocenters. The lowest BCUT2D eigenvalue weighted by Crippen LogP contribution is -2.54. The molecule has 0 bridgehead atoms. The van der Waals surface area contributed by atoms with E-state index in [0.29, 0.717) is 24.7 Å². The Morgan fingerprint density at radius 3 is 2.69 bits per heavy atom. The lowest BCUT2D eigenvalue weighted by atomic mass is 10.1. The van der Waals surface area contributed by atoms with Crippen molar-refractivity contribution in [3.8, 4) is 17.8 Å². The molecule has 1 amide bonds. The number of carbonyl (C=O) groups is 1. The number of piperazine rings is 1. The third-order valence-corrected chi connectivity index (χ3v) is 5.00. The van der Waals surface area contributed by atoms with Crippen LogP contribution in [0.5, 0.6) is 11.5 Å². The first-order valence-corrected chi connectivity index (χ1v) is 9.58. The molecular formula is C21H21ClFN3O3. The fourth-order valence-corrected chi connectivity index (χ4v) is 3.51. The number of halogens is 2. The maximum Gasteiger partial charge on any atom is 0.292 e. The number of nitriles is 1. The highest BCUT2D eigenvalue weighted by Crippen LogP contribution is 2.30. The van der Waals surface area contributed by atoms with Crippen molar-refractivity contribution >= 4 is 17.5 Å². The molecule has 0 aromatic heterocycles. The van der Waals surface area contributed by atoms with Gasteiger partial charge in [-0.2, -0.15) is 0 Å². The lowest BCUT2D eigenvalue weighted by Gasteiger charge is -2.39. The predicted molar refractivity (Wildman–Crippen MR) is 106 cm³/mol. The number of benzene rings is 2. The van der Waals surface area contributed by atoms with Crippen LogP contribution >= 0.6 is 11.6 Å². The van der Waals surface area contributed by atoms with Crippen molar-refractivity contribution in [1.29, 1.82) is 5.26 Å². The molecule has 1 unspecified atom stereocenters. The first-order chi connectivity index (χ1) is 14.0. The average molecular weight is 418 g/mol. The number of hydrogen-bond acceptors (Lipinski definition) is 5. The minimum Gasteiger partial charge on any atom is -0.480 e. The van der Waals surface area contributed by atoms with Crippen LogP contribution in [0, 0.1) is 17.3 Å². The molecule has 1 saturated heterocycles. The van der Waals surface area contributed by atoms with Gasteiger partial charge in [0.2, 0.25) is 0 Å². The molecule has 2 aromatic rings. The maximum atomic E-state index is 13.1. The van der Waals surface area contributed by atoms with Gasteiger partial charge in [0.25, 0.3) is 12.2 Å². The molecular weight excluding hydrogens is 397 g/mol. The fourth-order valence-electron chi connectivity index (χ4n) is 3.35. The molecule has 0 N–H and O–H groups in total. The van der Waals surface area contributed by atoms with Gasteiger partial charge in [-0.3, -0.25) is 9.69 Å². The Balaban J connectivity index is 1.53. The summed E-state index contributed by atoms with van der Waals surface area (Å²) in [6.45, 7) is 4.55. The second kappa shape index (κ2) is 9.59. The van der Waals surface area contributed by atoms with Crippen LogP contribution in [-0.4, -0.2) is 48.0 Å². The third-order valence-electron chi connectivity index (χ3n) is 4.76. The van der Waals surface area contributed by atoms with Crippen LogP contribution in [0.4, 0.5) is 4.39 Å². The van der Waals surface area contributed by atoms with Gasteiger partial charge in [0.05, 0.1) is 0 Å². The molecule has 1 fully saturated rings. The van der Waals surface area contributed by atoms with Crippen LogP contribution < -0.4 is 9.47 Å². The van der Waals surface area contributed by atoms with E-state index in [0.717, 1.165) is 12.1 Å². The highest BCUT2D eigenvalue weighted by Gasteiger charge is 2.27. The standard InChI is InChI=1S/C21H21ClFN3O3/c1-15-11-25(12-16-2-5-18(23)6-3-16)8-9-26(15)21(27)13-28-19-7-4-17(22)10-20(19)29-14-24/h2-7,10,15H,8-9,11-13H2,1H3. The zero-order chi connectivity index (χ0) is 20.8. The minimum atomic E-state index is -0.249. The van der Waals surface area contributed by atoms with Gasteiger partial charge in [0.15, 0.2) is 18.1 Å². The second-order valence-corrected chi connectivity index (χ2v) is 7.31. The SMILES string of the molecule is CC1CN(Cc2ccc(F)cc2)CCN1C(=O)COc1ccc(Cl)cc1OC#N. The normalized spacial score (nSPS) is 16.9. The van der Waals surface area contributed by atoms with Crippen molar-refractivity contribution in [2.45, 2.75) is 19.5 Å². The number of nitrogens with zero attached hydrogens (tertiary/aromatic N) is 3. The third kappa shape index (κ3) is 5.59. The molecule has 0 radical (unpaired) electrons. The van der Waals surface area contributed by atoms with E-state index >= 15 is 0 Å². The Bertz CT molecular complexity index is 901. The number of amides is 1. The number of ether oxygens (including phenoxy) is 2. The topological polar surface area (TPSA) is 65.8 Å². The summed E-state index contributed by atoms with van der Waals surface area (Å²) in [5.74, 6) is 0.0650. The summed E-state index contributed by atoms with van der Waals surface area (Å²) in [6.07, 6.45) is 1.58. The molecule has 2 aromatic carbocycles. The zero-order valence-electron chi connectivity index (χ0n) is 16.0. The summed E-state index contributed by atoms with van der Waals surface area (Å²) in [5.41, 5.74) is 1.04. The monoisotopic (exact) mass is 417 g/mol. The van der Waals surface area contributed by atoms with E-state index in [1.54, 1.807) is 35.4 Å². The van der Waals surface area contributed by atoms with E-state index in [4.69, 9.17) is 26.3 Å². The Morgan fingerprint density at radius 2 is 2.00 bits per heavy atom. The van der Waals surface area contributed by atoms with Crippen molar-refractivity contribution in [3.63, 3.8) is 0 Å². The molecule has 29 heavy (non-hydrogen) atoms. The summed E-state index contributed by atoms with van der Waals surface area (Å²) in [4.78, 5) is 16.6. The molecule has 8 heteroatoms. The van der Waals surface area contributed by atoms with E-state index in [1.807, 2.05) is 6.92 Å². The van der Waals surface area contributed by atoms with Crippen LogP contribution in [0.25, 0.3) is 0 Å². The van der Waals surface area contributed by atoms with Gasteiger partial charge in [0, 0.05) is 43.3 Å². The van der Waals surface area contributed by atoms with Crippen LogP contribution in [0.15, 0.2) is 42.5 Å². The maximum absolute atomic E-state index is 13.1. The summed E-state index contributed by atoms with van der Waals surface area (Å²) >= 11 is 5.89. The molecule has 152 valence electrons. The fraction of sp³-hybridized carbons (Fsp3) is 0.333. The van der Waals surface area contributed by atoms with Gasteiger partial charge >= 0.3 is 0 Å². The van der Waals surface area contributed by atoms with Crippen molar-refractivity contribution in [2.24, 2.45) is 0 Å². The van der Waals surface area contributed by atoms with Crippen molar-refractivity contribution in [3.05, 3.63) is 58.9 Å². The average Bonchev–Trinajstić information content (AvgIpc) is 2.69. The molecule has 0 aliphatic carbocycles. The number of rotatable bonds is 6. The number of hydrogen-bond donors (Lipinski definition) is 0. The van der Waals surface area contributed by atoms with Gasteiger partial charge in [-0.1, -0.05) is 23.7 Å². The van der Waals surface area contributed by atoms with Crippen molar-refractivity contribution in [1.82, 2.24) is 9.80 Å². The minimum absolute atomic E-state index is 0.0142. The molecule has 0 saturated carbocycles. The first-order valence-electron chi connectivity index (χ1n) is 9.21. The van der Waals surface area contributed by atoms with E-state index in [2.05, 4.69) is 4.90 Å². The quantitative estimate of drug-likeness (QED) is 0.673. The molecule has 0 spiro atoms. The molecule has 3 rings (SSSR count). The number of carbonyl (C=O) groups excluding carboxylic acids is 1. The summed E-state index contributed by atoms with van der Waals surface area (Å²) in [6, 6.07) is 11.1. The Labute approximate surface area is 174 Å². The lowest BCUT2D eigenvalue weighted by molar-refractivity contribution is -0.138. The van der Waals surface area contributed by atoms with E-state index < -0.39 is 0 Å². The molecule has 1 aliphatic rings. The molecule has 6 nitrogen and oxygen atoms in total. The van der Waals surface area contributed by atoms with Crippen LogP contribution in [-0.2, 0) is 11.3 Å². The van der Waals surface area contributed by atoms with Gasteiger partial charge in [-0.25, -0.2) is 4.39 Å². The summed E-state index contributed by atoms with van der Waals surface area (Å²) < 4.78 is 23.5. The van der Waals surface area contributed by atoms with Gasteiger partial charge in [-0.05, 0) is 36.8 Å². The van der Waals surface area contributed by atoms with Crippen LogP contribution in [0.3, 0.4) is 0 Å². The summed E-state index contributed by atoms with van der Waals surface area (Å²) in [5, 5.41) is 9.13. The van der Waals surface area contributed by atoms with Crippen molar-refractivity contribution < 1.29 is 18.7 Å². The van der Waals surface area contributed by atoms with Gasteiger partial charge < -0.3 is 14.4 Å². The van der Waals surface area contributed by atoms with Crippen molar-refractivity contribution in [2.75, 3.05) is 26.2 Å². The zero-order valence-corrected chi connectivity index (χ0v) is 16.7. The highest BCUT2D eigenvalue weighted by atomic mass is 35.5. The van der Waals surface area contributed by atoms with Gasteiger partial charge in [0.1, 0.15) is 5.82 Å². The molecule has 1 aliphatic heterocycles. The predicted octanol–water partition coefficient (Wildman–Crippen LogP) is 3.45. The largest absolute Gasteiger partial charge is 0.480 e. The summed E-state index contributed by atoms with van der Waals surface area (Å²) in [7, 11) is 0. The molecule has 1 heterocycles. The Kier molecular flexibility index (Phi) is 6.91. The first kappa shape index (κ1) is 20.9.